The zero-order valence-electron chi connectivity index (χ0n) is 12.8. The van der Waals surface area contributed by atoms with E-state index in [1.54, 1.807) is 12.4 Å². The lowest BCUT2D eigenvalue weighted by atomic mass is 10.0. The summed E-state index contributed by atoms with van der Waals surface area (Å²) in [6.45, 7) is 2.03. The van der Waals surface area contributed by atoms with Crippen LogP contribution in [0.3, 0.4) is 0 Å². The lowest BCUT2D eigenvalue weighted by Gasteiger charge is -2.08. The van der Waals surface area contributed by atoms with E-state index >= 15 is 0 Å². The molecule has 23 heavy (non-hydrogen) atoms. The van der Waals surface area contributed by atoms with Gasteiger partial charge in [0.2, 0.25) is 0 Å². The Labute approximate surface area is 134 Å². The molecule has 2 aromatic carbocycles. The Bertz CT molecular complexity index is 964. The standard InChI is InChI=1S/C20H15N3/c1-14-18-12-16(15-6-3-2-4-7-15)9-10-19(18)23-20(22-14)17-8-5-11-21-13-17/h2-13H,1H3. The number of nitrogens with zero attached hydrogens (tertiary/aromatic N) is 3. The number of hydrogen-bond donors (Lipinski definition) is 0. The Balaban J connectivity index is 1.86. The zero-order valence-corrected chi connectivity index (χ0v) is 12.8. The van der Waals surface area contributed by atoms with Gasteiger partial charge in [-0.15, -0.1) is 0 Å². The van der Waals surface area contributed by atoms with Crippen molar-refractivity contribution in [3.63, 3.8) is 0 Å². The molecule has 0 N–H and O–H groups in total. The smallest absolute Gasteiger partial charge is 0.161 e. The Morgan fingerprint density at radius 1 is 0.739 bits per heavy atom. The topological polar surface area (TPSA) is 38.7 Å². The molecule has 4 rings (SSSR count). The maximum Gasteiger partial charge on any atom is 0.161 e. The van der Waals surface area contributed by atoms with Gasteiger partial charge in [0.1, 0.15) is 0 Å². The molecule has 3 nitrogen and oxygen atoms in total. The summed E-state index contributed by atoms with van der Waals surface area (Å²) in [5, 5.41) is 1.08. The number of fused-ring (bicyclic) bond motifs is 1. The molecule has 0 radical (unpaired) electrons. The van der Waals surface area contributed by atoms with Crippen LogP contribution in [0.1, 0.15) is 5.69 Å². The van der Waals surface area contributed by atoms with Crippen molar-refractivity contribution in [2.75, 3.05) is 0 Å². The van der Waals surface area contributed by atoms with Crippen molar-refractivity contribution in [2.45, 2.75) is 6.92 Å². The van der Waals surface area contributed by atoms with Gasteiger partial charge in [0.25, 0.3) is 0 Å². The van der Waals surface area contributed by atoms with Gasteiger partial charge in [-0.25, -0.2) is 9.97 Å². The fourth-order valence-electron chi connectivity index (χ4n) is 2.72. The van der Waals surface area contributed by atoms with E-state index in [2.05, 4.69) is 45.3 Å². The molecule has 0 unspecified atom stereocenters. The van der Waals surface area contributed by atoms with Crippen LogP contribution in [0.2, 0.25) is 0 Å². The molecular weight excluding hydrogens is 282 g/mol. The fraction of sp³-hybridized carbons (Fsp3) is 0.0500. The van der Waals surface area contributed by atoms with Gasteiger partial charge in [-0.05, 0) is 42.3 Å². The second kappa shape index (κ2) is 5.61. The molecule has 0 aliphatic rings. The molecule has 0 saturated carbocycles. The van der Waals surface area contributed by atoms with Gasteiger partial charge in [-0.2, -0.15) is 0 Å². The molecule has 0 amide bonds. The van der Waals surface area contributed by atoms with Crippen LogP contribution in [-0.2, 0) is 0 Å². The molecule has 2 aromatic heterocycles. The van der Waals surface area contributed by atoms with E-state index in [4.69, 9.17) is 0 Å². The van der Waals surface area contributed by atoms with E-state index in [9.17, 15) is 0 Å². The van der Waals surface area contributed by atoms with Gasteiger partial charge < -0.3 is 0 Å². The molecule has 0 aliphatic carbocycles. The number of aromatic nitrogens is 3. The lowest BCUT2D eigenvalue weighted by molar-refractivity contribution is 1.15. The summed E-state index contributed by atoms with van der Waals surface area (Å²) in [6.07, 6.45) is 3.54. The minimum absolute atomic E-state index is 0.718. The maximum atomic E-state index is 4.69. The Morgan fingerprint density at radius 3 is 2.35 bits per heavy atom. The first-order valence-corrected chi connectivity index (χ1v) is 7.55. The van der Waals surface area contributed by atoms with E-state index in [-0.39, 0.29) is 0 Å². The normalized spacial score (nSPS) is 10.8. The molecule has 4 aromatic rings. The van der Waals surface area contributed by atoms with Crippen molar-refractivity contribution in [3.05, 3.63) is 78.8 Å². The second-order valence-corrected chi connectivity index (χ2v) is 5.47. The first-order valence-electron chi connectivity index (χ1n) is 7.55. The molecule has 0 aliphatic heterocycles. The van der Waals surface area contributed by atoms with Gasteiger partial charge in [0, 0.05) is 29.0 Å². The molecule has 110 valence electrons. The van der Waals surface area contributed by atoms with Crippen molar-refractivity contribution in [1.82, 2.24) is 15.0 Å². The first-order chi connectivity index (χ1) is 11.3. The van der Waals surface area contributed by atoms with Crippen LogP contribution in [0.15, 0.2) is 73.1 Å². The summed E-state index contributed by atoms with van der Waals surface area (Å²) < 4.78 is 0. The third-order valence-corrected chi connectivity index (χ3v) is 3.91. The lowest BCUT2D eigenvalue weighted by Crippen LogP contribution is -1.95. The summed E-state index contributed by atoms with van der Waals surface area (Å²) in [5.41, 5.74) is 5.25. The van der Waals surface area contributed by atoms with Crippen LogP contribution in [0.4, 0.5) is 0 Å². The highest BCUT2D eigenvalue weighted by atomic mass is 14.9. The van der Waals surface area contributed by atoms with Crippen LogP contribution in [-0.4, -0.2) is 15.0 Å². The number of aryl methyl sites for hydroxylation is 1. The number of hydrogen-bond acceptors (Lipinski definition) is 3. The fourth-order valence-corrected chi connectivity index (χ4v) is 2.72. The predicted molar refractivity (Wildman–Crippen MR) is 92.9 cm³/mol. The van der Waals surface area contributed by atoms with Gasteiger partial charge >= 0.3 is 0 Å². The zero-order chi connectivity index (χ0) is 15.6. The Hall–Kier alpha value is -3.07. The highest BCUT2D eigenvalue weighted by Gasteiger charge is 2.08. The molecule has 0 spiro atoms. The van der Waals surface area contributed by atoms with E-state index < -0.39 is 0 Å². The monoisotopic (exact) mass is 297 g/mol. The van der Waals surface area contributed by atoms with Gasteiger partial charge in [0.05, 0.1) is 5.52 Å². The molecule has 0 bridgehead atoms. The van der Waals surface area contributed by atoms with Crippen LogP contribution < -0.4 is 0 Å². The Morgan fingerprint density at radius 2 is 1.57 bits per heavy atom. The van der Waals surface area contributed by atoms with E-state index in [1.165, 1.54) is 11.1 Å². The SMILES string of the molecule is Cc1nc(-c2cccnc2)nc2ccc(-c3ccccc3)cc12. The van der Waals surface area contributed by atoms with Crippen molar-refractivity contribution >= 4 is 10.9 Å². The minimum Gasteiger partial charge on any atom is -0.264 e. The van der Waals surface area contributed by atoms with Crippen LogP contribution >= 0.6 is 0 Å². The van der Waals surface area contributed by atoms with E-state index in [1.807, 2.05) is 37.3 Å². The number of benzene rings is 2. The van der Waals surface area contributed by atoms with Crippen LogP contribution in [0.25, 0.3) is 33.4 Å². The minimum atomic E-state index is 0.718. The van der Waals surface area contributed by atoms with Crippen molar-refractivity contribution in [2.24, 2.45) is 0 Å². The van der Waals surface area contributed by atoms with E-state index in [0.29, 0.717) is 0 Å². The average molecular weight is 297 g/mol. The summed E-state index contributed by atoms with van der Waals surface area (Å²) in [7, 11) is 0. The van der Waals surface area contributed by atoms with Gasteiger partial charge in [0.15, 0.2) is 5.82 Å². The number of rotatable bonds is 2. The highest BCUT2D eigenvalue weighted by molar-refractivity contribution is 5.87. The third kappa shape index (κ3) is 2.57. The average Bonchev–Trinajstić information content (AvgIpc) is 2.63. The second-order valence-electron chi connectivity index (χ2n) is 5.47. The number of pyridine rings is 1. The molecule has 0 fully saturated rings. The van der Waals surface area contributed by atoms with Crippen molar-refractivity contribution in [1.29, 1.82) is 0 Å². The summed E-state index contributed by atoms with van der Waals surface area (Å²) in [4.78, 5) is 13.5. The quantitative estimate of drug-likeness (QED) is 0.540. The molecular formula is C20H15N3. The largest absolute Gasteiger partial charge is 0.264 e. The van der Waals surface area contributed by atoms with Gasteiger partial charge in [-0.3, -0.25) is 4.98 Å². The molecule has 3 heteroatoms. The van der Waals surface area contributed by atoms with Crippen LogP contribution in [0, 0.1) is 6.92 Å². The summed E-state index contributed by atoms with van der Waals surface area (Å²) >= 11 is 0. The molecule has 0 saturated heterocycles. The summed E-state index contributed by atoms with van der Waals surface area (Å²) in [5.74, 6) is 0.718. The first kappa shape index (κ1) is 13.6. The highest BCUT2D eigenvalue weighted by Crippen LogP contribution is 2.26. The molecule has 2 heterocycles. The summed E-state index contributed by atoms with van der Waals surface area (Å²) in [6, 6.07) is 20.6. The molecule has 0 atom stereocenters. The Kier molecular flexibility index (Phi) is 3.31. The predicted octanol–water partition coefficient (Wildman–Crippen LogP) is 4.67. The maximum absolute atomic E-state index is 4.69. The van der Waals surface area contributed by atoms with Crippen molar-refractivity contribution < 1.29 is 0 Å². The third-order valence-electron chi connectivity index (χ3n) is 3.91. The van der Waals surface area contributed by atoms with Crippen LogP contribution in [0.5, 0.6) is 0 Å². The van der Waals surface area contributed by atoms with E-state index in [0.717, 1.165) is 28.0 Å². The van der Waals surface area contributed by atoms with Crippen molar-refractivity contribution in [3.8, 4) is 22.5 Å². The van der Waals surface area contributed by atoms with Gasteiger partial charge in [-0.1, -0.05) is 36.4 Å².